The molecule has 1 aliphatic rings. The highest BCUT2D eigenvalue weighted by atomic mass is 16.4. The molecule has 0 radical (unpaired) electrons. The van der Waals surface area contributed by atoms with Crippen molar-refractivity contribution in [1.82, 2.24) is 15.2 Å². The monoisotopic (exact) mass is 263 g/mol. The predicted octanol–water partition coefficient (Wildman–Crippen LogP) is -0.373. The molecule has 0 aromatic carbocycles. The summed E-state index contributed by atoms with van der Waals surface area (Å²) < 4.78 is 0. The minimum atomic E-state index is -1.11. The molecule has 2 rings (SSSR count). The molecule has 2 amide bonds. The first-order valence-corrected chi connectivity index (χ1v) is 5.74. The summed E-state index contributed by atoms with van der Waals surface area (Å²) in [6.45, 7) is 2.02. The van der Waals surface area contributed by atoms with Gasteiger partial charge in [0.1, 0.15) is 5.69 Å². The van der Waals surface area contributed by atoms with E-state index < -0.39 is 12.0 Å². The SMILES string of the molecule is CC1C(=O)NC(=O)CN1Cc1cccc(C(=O)O)n1. The Morgan fingerprint density at radius 1 is 1.53 bits per heavy atom. The van der Waals surface area contributed by atoms with Crippen molar-refractivity contribution in [3.63, 3.8) is 0 Å². The topological polar surface area (TPSA) is 99.6 Å². The van der Waals surface area contributed by atoms with Crippen molar-refractivity contribution < 1.29 is 19.5 Å². The highest BCUT2D eigenvalue weighted by Gasteiger charge is 2.30. The van der Waals surface area contributed by atoms with Gasteiger partial charge in [0.25, 0.3) is 0 Å². The van der Waals surface area contributed by atoms with Gasteiger partial charge in [-0.3, -0.25) is 19.8 Å². The van der Waals surface area contributed by atoms with Crippen molar-refractivity contribution in [1.29, 1.82) is 0 Å². The predicted molar refractivity (Wildman–Crippen MR) is 64.2 cm³/mol. The molecule has 1 aliphatic heterocycles. The molecule has 1 atom stereocenters. The van der Waals surface area contributed by atoms with E-state index in [9.17, 15) is 14.4 Å². The van der Waals surface area contributed by atoms with Crippen LogP contribution in [0.1, 0.15) is 23.1 Å². The Kier molecular flexibility index (Phi) is 3.57. The van der Waals surface area contributed by atoms with Gasteiger partial charge in [-0.15, -0.1) is 0 Å². The number of piperazine rings is 1. The number of aromatic carboxylic acids is 1. The highest BCUT2D eigenvalue weighted by Crippen LogP contribution is 2.10. The van der Waals surface area contributed by atoms with Crippen molar-refractivity contribution in [3.05, 3.63) is 29.6 Å². The van der Waals surface area contributed by atoms with Crippen LogP contribution in [0.3, 0.4) is 0 Å². The average Bonchev–Trinajstić information content (AvgIpc) is 2.35. The number of amides is 2. The number of hydrogen-bond acceptors (Lipinski definition) is 5. The van der Waals surface area contributed by atoms with Gasteiger partial charge in [0.2, 0.25) is 11.8 Å². The first kappa shape index (κ1) is 13.2. The molecule has 1 saturated heterocycles. The molecule has 19 heavy (non-hydrogen) atoms. The Hall–Kier alpha value is -2.28. The summed E-state index contributed by atoms with van der Waals surface area (Å²) >= 11 is 0. The highest BCUT2D eigenvalue weighted by molar-refractivity contribution is 6.00. The van der Waals surface area contributed by atoms with Crippen LogP contribution in [-0.2, 0) is 16.1 Å². The number of rotatable bonds is 3. The quantitative estimate of drug-likeness (QED) is 0.721. The Bertz CT molecular complexity index is 544. The number of carboxylic acids is 1. The molecule has 0 aliphatic carbocycles. The lowest BCUT2D eigenvalue weighted by atomic mass is 10.2. The van der Waals surface area contributed by atoms with Crippen LogP contribution < -0.4 is 5.32 Å². The molecule has 0 saturated carbocycles. The van der Waals surface area contributed by atoms with Gasteiger partial charge in [-0.25, -0.2) is 9.78 Å². The first-order valence-electron chi connectivity index (χ1n) is 5.74. The van der Waals surface area contributed by atoms with Crippen LogP contribution in [0.25, 0.3) is 0 Å². The maximum absolute atomic E-state index is 11.5. The third kappa shape index (κ3) is 2.94. The zero-order chi connectivity index (χ0) is 14.0. The van der Waals surface area contributed by atoms with E-state index >= 15 is 0 Å². The molecule has 1 fully saturated rings. The summed E-state index contributed by atoms with van der Waals surface area (Å²) in [4.78, 5) is 39.2. The number of hydrogen-bond donors (Lipinski definition) is 2. The molecule has 2 heterocycles. The molecule has 7 heteroatoms. The number of nitrogens with zero attached hydrogens (tertiary/aromatic N) is 2. The number of nitrogens with one attached hydrogen (secondary N) is 1. The van der Waals surface area contributed by atoms with Crippen LogP contribution in [0.15, 0.2) is 18.2 Å². The number of carbonyl (C=O) groups excluding carboxylic acids is 2. The first-order chi connectivity index (χ1) is 8.97. The molecular weight excluding hydrogens is 250 g/mol. The summed E-state index contributed by atoms with van der Waals surface area (Å²) in [7, 11) is 0. The summed E-state index contributed by atoms with van der Waals surface area (Å²) in [5.74, 6) is -1.83. The molecule has 0 bridgehead atoms. The summed E-state index contributed by atoms with van der Waals surface area (Å²) in [5.41, 5.74) is 0.451. The summed E-state index contributed by atoms with van der Waals surface area (Å²) in [6, 6.07) is 4.19. The Balaban J connectivity index is 2.16. The van der Waals surface area contributed by atoms with E-state index in [1.807, 2.05) is 0 Å². The van der Waals surface area contributed by atoms with Gasteiger partial charge in [-0.1, -0.05) is 6.07 Å². The minimum Gasteiger partial charge on any atom is -0.477 e. The smallest absolute Gasteiger partial charge is 0.354 e. The van der Waals surface area contributed by atoms with Crippen LogP contribution in [0.4, 0.5) is 0 Å². The fourth-order valence-corrected chi connectivity index (χ4v) is 1.86. The van der Waals surface area contributed by atoms with Crippen molar-refractivity contribution in [2.75, 3.05) is 6.54 Å². The van der Waals surface area contributed by atoms with Crippen LogP contribution in [-0.4, -0.2) is 45.4 Å². The van der Waals surface area contributed by atoms with Crippen molar-refractivity contribution in [2.24, 2.45) is 0 Å². The van der Waals surface area contributed by atoms with Crippen LogP contribution >= 0.6 is 0 Å². The van der Waals surface area contributed by atoms with E-state index in [-0.39, 0.29) is 30.6 Å². The van der Waals surface area contributed by atoms with Crippen LogP contribution in [0.5, 0.6) is 0 Å². The zero-order valence-corrected chi connectivity index (χ0v) is 10.3. The second kappa shape index (κ2) is 5.15. The maximum Gasteiger partial charge on any atom is 0.354 e. The lowest BCUT2D eigenvalue weighted by molar-refractivity contribution is -0.139. The zero-order valence-electron chi connectivity index (χ0n) is 10.3. The second-order valence-corrected chi connectivity index (χ2v) is 4.31. The number of pyridine rings is 1. The van der Waals surface area contributed by atoms with Gasteiger partial charge in [0.15, 0.2) is 0 Å². The number of imide groups is 1. The second-order valence-electron chi connectivity index (χ2n) is 4.31. The molecule has 1 unspecified atom stereocenters. The summed E-state index contributed by atoms with van der Waals surface area (Å²) in [6.07, 6.45) is 0. The maximum atomic E-state index is 11.5. The molecular formula is C12H13N3O4. The normalized spacial score (nSPS) is 20.2. The van der Waals surface area contributed by atoms with E-state index in [0.29, 0.717) is 5.69 Å². The Morgan fingerprint density at radius 2 is 2.26 bits per heavy atom. The van der Waals surface area contributed by atoms with Gasteiger partial charge >= 0.3 is 5.97 Å². The largest absolute Gasteiger partial charge is 0.477 e. The summed E-state index contributed by atoms with van der Waals surface area (Å²) in [5, 5.41) is 11.1. The molecule has 7 nitrogen and oxygen atoms in total. The van der Waals surface area contributed by atoms with Crippen molar-refractivity contribution in [2.45, 2.75) is 19.5 Å². The van der Waals surface area contributed by atoms with Gasteiger partial charge < -0.3 is 5.11 Å². The molecule has 1 aromatic rings. The molecule has 2 N–H and O–H groups in total. The van der Waals surface area contributed by atoms with Crippen molar-refractivity contribution in [3.8, 4) is 0 Å². The lowest BCUT2D eigenvalue weighted by Crippen LogP contribution is -2.56. The van der Waals surface area contributed by atoms with Gasteiger partial charge in [-0.2, -0.15) is 0 Å². The van der Waals surface area contributed by atoms with Crippen LogP contribution in [0.2, 0.25) is 0 Å². The standard InChI is InChI=1S/C12H13N3O4/c1-7-11(17)14-10(16)6-15(7)5-8-3-2-4-9(13-8)12(18)19/h2-4,7H,5-6H2,1H3,(H,18,19)(H,14,16,17). The van der Waals surface area contributed by atoms with E-state index in [0.717, 1.165) is 0 Å². The number of carboxylic acid groups (broad SMARTS) is 1. The molecule has 0 spiro atoms. The Morgan fingerprint density at radius 3 is 2.95 bits per heavy atom. The average molecular weight is 263 g/mol. The molecule has 100 valence electrons. The number of aromatic nitrogens is 1. The van der Waals surface area contributed by atoms with Gasteiger partial charge in [-0.05, 0) is 19.1 Å². The van der Waals surface area contributed by atoms with E-state index in [2.05, 4.69) is 10.3 Å². The van der Waals surface area contributed by atoms with Crippen LogP contribution in [0, 0.1) is 0 Å². The Labute approximate surface area is 109 Å². The lowest BCUT2D eigenvalue weighted by Gasteiger charge is -2.31. The van der Waals surface area contributed by atoms with E-state index in [4.69, 9.17) is 5.11 Å². The van der Waals surface area contributed by atoms with E-state index in [1.54, 1.807) is 24.0 Å². The van der Waals surface area contributed by atoms with Gasteiger partial charge in [0, 0.05) is 6.54 Å². The van der Waals surface area contributed by atoms with Gasteiger partial charge in [0.05, 0.1) is 18.3 Å². The molecule has 1 aromatic heterocycles. The third-order valence-electron chi connectivity index (χ3n) is 2.93. The minimum absolute atomic E-state index is 0.0575. The third-order valence-corrected chi connectivity index (χ3v) is 2.93. The number of carbonyl (C=O) groups is 3. The fraction of sp³-hybridized carbons (Fsp3) is 0.333. The van der Waals surface area contributed by atoms with E-state index in [1.165, 1.54) is 6.07 Å². The van der Waals surface area contributed by atoms with Crippen molar-refractivity contribution >= 4 is 17.8 Å². The fourth-order valence-electron chi connectivity index (χ4n) is 1.86.